The first-order valence-corrected chi connectivity index (χ1v) is 6.71. The zero-order valence-electron chi connectivity index (χ0n) is 12.1. The third-order valence-corrected chi connectivity index (χ3v) is 3.51. The van der Waals surface area contributed by atoms with Crippen molar-refractivity contribution in [3.63, 3.8) is 0 Å². The van der Waals surface area contributed by atoms with Crippen LogP contribution >= 0.6 is 0 Å². The van der Waals surface area contributed by atoms with Gasteiger partial charge in [0.2, 0.25) is 11.8 Å². The number of methoxy groups -OCH3 is 1. The molecule has 2 amide bonds. The lowest BCUT2D eigenvalue weighted by Crippen LogP contribution is -2.53. The molecule has 1 saturated heterocycles. The fourth-order valence-electron chi connectivity index (χ4n) is 2.31. The van der Waals surface area contributed by atoms with Crippen LogP contribution in [-0.2, 0) is 16.1 Å². The van der Waals surface area contributed by atoms with Crippen LogP contribution in [0.15, 0.2) is 18.2 Å². The number of nitriles is 1. The van der Waals surface area contributed by atoms with E-state index in [1.54, 1.807) is 18.2 Å². The standard InChI is InChI=1S/C15H17N3O3/c1-3-17-9-15(20)18(10-14(17)19)8-12-6-11(7-16)4-5-13(12)21-2/h4-6H,3,8-10H2,1-2H3. The second-order valence-electron chi connectivity index (χ2n) is 4.80. The molecule has 1 heterocycles. The van der Waals surface area contributed by atoms with Crippen molar-refractivity contribution in [2.45, 2.75) is 13.5 Å². The summed E-state index contributed by atoms with van der Waals surface area (Å²) in [7, 11) is 1.53. The van der Waals surface area contributed by atoms with Gasteiger partial charge in [-0.25, -0.2) is 0 Å². The van der Waals surface area contributed by atoms with Crippen LogP contribution in [0.1, 0.15) is 18.1 Å². The summed E-state index contributed by atoms with van der Waals surface area (Å²) in [4.78, 5) is 27.0. The Labute approximate surface area is 123 Å². The molecule has 6 heteroatoms. The van der Waals surface area contributed by atoms with Crippen molar-refractivity contribution >= 4 is 11.8 Å². The molecule has 0 N–H and O–H groups in total. The molecule has 110 valence electrons. The Balaban J connectivity index is 2.20. The summed E-state index contributed by atoms with van der Waals surface area (Å²) >= 11 is 0. The first-order valence-electron chi connectivity index (χ1n) is 6.71. The Morgan fingerprint density at radius 3 is 2.52 bits per heavy atom. The van der Waals surface area contributed by atoms with E-state index in [0.717, 1.165) is 5.56 Å². The van der Waals surface area contributed by atoms with Crippen LogP contribution in [-0.4, -0.2) is 48.4 Å². The monoisotopic (exact) mass is 287 g/mol. The molecule has 0 radical (unpaired) electrons. The minimum atomic E-state index is -0.0964. The Bertz CT molecular complexity index is 607. The average molecular weight is 287 g/mol. The smallest absolute Gasteiger partial charge is 0.242 e. The molecule has 0 saturated carbocycles. The van der Waals surface area contributed by atoms with Gasteiger partial charge < -0.3 is 14.5 Å². The van der Waals surface area contributed by atoms with E-state index in [9.17, 15) is 9.59 Å². The highest BCUT2D eigenvalue weighted by Gasteiger charge is 2.29. The minimum Gasteiger partial charge on any atom is -0.496 e. The third-order valence-electron chi connectivity index (χ3n) is 3.51. The summed E-state index contributed by atoms with van der Waals surface area (Å²) in [5, 5.41) is 8.96. The molecule has 0 aliphatic carbocycles. The quantitative estimate of drug-likeness (QED) is 0.819. The predicted octanol–water partition coefficient (Wildman–Crippen LogP) is 0.758. The Morgan fingerprint density at radius 2 is 1.90 bits per heavy atom. The van der Waals surface area contributed by atoms with Gasteiger partial charge in [0, 0.05) is 18.7 Å². The number of carbonyl (C=O) groups excluding carboxylic acids is 2. The number of nitrogens with zero attached hydrogens (tertiary/aromatic N) is 3. The number of likely N-dealkylation sites (N-methyl/N-ethyl adjacent to an activating group) is 1. The molecule has 1 aromatic carbocycles. The van der Waals surface area contributed by atoms with Gasteiger partial charge in [-0.2, -0.15) is 5.26 Å². The predicted molar refractivity (Wildman–Crippen MR) is 75.4 cm³/mol. The van der Waals surface area contributed by atoms with E-state index < -0.39 is 0 Å². The molecular weight excluding hydrogens is 270 g/mol. The normalized spacial score (nSPS) is 15.1. The number of piperazine rings is 1. The third kappa shape index (κ3) is 3.14. The maximum Gasteiger partial charge on any atom is 0.242 e. The summed E-state index contributed by atoms with van der Waals surface area (Å²) in [6.07, 6.45) is 0. The van der Waals surface area contributed by atoms with Crippen LogP contribution in [0.3, 0.4) is 0 Å². The van der Waals surface area contributed by atoms with Gasteiger partial charge >= 0.3 is 0 Å². The first-order chi connectivity index (χ1) is 10.1. The molecule has 6 nitrogen and oxygen atoms in total. The van der Waals surface area contributed by atoms with Crippen LogP contribution in [0.2, 0.25) is 0 Å². The molecule has 0 bridgehead atoms. The lowest BCUT2D eigenvalue weighted by molar-refractivity contribution is -0.150. The van der Waals surface area contributed by atoms with Crippen molar-refractivity contribution in [3.05, 3.63) is 29.3 Å². The average Bonchev–Trinajstić information content (AvgIpc) is 2.50. The summed E-state index contributed by atoms with van der Waals surface area (Å²) in [6.45, 7) is 2.81. The van der Waals surface area contributed by atoms with E-state index in [1.807, 2.05) is 6.92 Å². The van der Waals surface area contributed by atoms with Crippen molar-refractivity contribution in [2.24, 2.45) is 0 Å². The molecule has 0 spiro atoms. The van der Waals surface area contributed by atoms with Gasteiger partial charge in [-0.05, 0) is 25.1 Å². The second kappa shape index (κ2) is 6.27. The van der Waals surface area contributed by atoms with Crippen LogP contribution in [0.4, 0.5) is 0 Å². The van der Waals surface area contributed by atoms with Crippen molar-refractivity contribution in [3.8, 4) is 11.8 Å². The number of hydrogen-bond donors (Lipinski definition) is 0. The zero-order valence-corrected chi connectivity index (χ0v) is 12.1. The molecular formula is C15H17N3O3. The molecule has 0 atom stereocenters. The number of rotatable bonds is 4. The minimum absolute atomic E-state index is 0.0621. The number of benzene rings is 1. The van der Waals surface area contributed by atoms with Crippen LogP contribution in [0, 0.1) is 11.3 Å². The zero-order chi connectivity index (χ0) is 15.4. The molecule has 21 heavy (non-hydrogen) atoms. The fraction of sp³-hybridized carbons (Fsp3) is 0.400. The van der Waals surface area contributed by atoms with Gasteiger partial charge in [0.15, 0.2) is 0 Å². The Hall–Kier alpha value is -2.55. The fourth-order valence-corrected chi connectivity index (χ4v) is 2.31. The van der Waals surface area contributed by atoms with Gasteiger partial charge in [-0.15, -0.1) is 0 Å². The van der Waals surface area contributed by atoms with E-state index in [4.69, 9.17) is 10.00 Å². The van der Waals surface area contributed by atoms with Crippen LogP contribution < -0.4 is 4.74 Å². The highest BCUT2D eigenvalue weighted by Crippen LogP contribution is 2.22. The molecule has 1 aliphatic heterocycles. The molecule has 1 fully saturated rings. The van der Waals surface area contributed by atoms with Gasteiger partial charge in [-0.1, -0.05) is 0 Å². The van der Waals surface area contributed by atoms with E-state index in [0.29, 0.717) is 17.9 Å². The highest BCUT2D eigenvalue weighted by molar-refractivity contribution is 5.92. The van der Waals surface area contributed by atoms with E-state index >= 15 is 0 Å². The van der Waals surface area contributed by atoms with E-state index in [1.165, 1.54) is 16.9 Å². The van der Waals surface area contributed by atoms with Gasteiger partial charge in [0.25, 0.3) is 0 Å². The number of ether oxygens (including phenoxy) is 1. The van der Waals surface area contributed by atoms with Crippen LogP contribution in [0.25, 0.3) is 0 Å². The molecule has 1 aliphatic rings. The summed E-state index contributed by atoms with van der Waals surface area (Å²) < 4.78 is 5.25. The van der Waals surface area contributed by atoms with Gasteiger partial charge in [-0.3, -0.25) is 9.59 Å². The topological polar surface area (TPSA) is 73.6 Å². The largest absolute Gasteiger partial charge is 0.496 e. The summed E-state index contributed by atoms with van der Waals surface area (Å²) in [5.41, 5.74) is 1.22. The van der Waals surface area contributed by atoms with E-state index in [-0.39, 0.29) is 31.4 Å². The molecule has 1 aromatic rings. The highest BCUT2D eigenvalue weighted by atomic mass is 16.5. The first kappa shape index (κ1) is 14.9. The van der Waals surface area contributed by atoms with Crippen molar-refractivity contribution in [2.75, 3.05) is 26.7 Å². The van der Waals surface area contributed by atoms with Gasteiger partial charge in [0.1, 0.15) is 12.3 Å². The van der Waals surface area contributed by atoms with Crippen LogP contribution in [0.5, 0.6) is 5.75 Å². The lowest BCUT2D eigenvalue weighted by Gasteiger charge is -2.33. The summed E-state index contributed by atoms with van der Waals surface area (Å²) in [6, 6.07) is 7.10. The lowest BCUT2D eigenvalue weighted by atomic mass is 10.1. The maximum absolute atomic E-state index is 12.1. The second-order valence-corrected chi connectivity index (χ2v) is 4.80. The number of carbonyl (C=O) groups is 2. The van der Waals surface area contributed by atoms with Gasteiger partial charge in [0.05, 0.1) is 25.3 Å². The Morgan fingerprint density at radius 1 is 1.24 bits per heavy atom. The SMILES string of the molecule is CCN1CC(=O)N(Cc2cc(C#N)ccc2OC)CC1=O. The molecule has 0 aromatic heterocycles. The maximum atomic E-state index is 12.1. The van der Waals surface area contributed by atoms with E-state index in [2.05, 4.69) is 6.07 Å². The van der Waals surface area contributed by atoms with Crippen molar-refractivity contribution < 1.29 is 14.3 Å². The van der Waals surface area contributed by atoms with Crippen molar-refractivity contribution in [1.82, 2.24) is 9.80 Å². The molecule has 2 rings (SSSR count). The summed E-state index contributed by atoms with van der Waals surface area (Å²) in [5.74, 6) is 0.445. The molecule has 0 unspecified atom stereocenters. The number of amides is 2. The number of hydrogen-bond acceptors (Lipinski definition) is 4. The van der Waals surface area contributed by atoms with Crippen molar-refractivity contribution in [1.29, 1.82) is 5.26 Å². The Kier molecular flexibility index (Phi) is 4.43.